The van der Waals surface area contributed by atoms with Crippen molar-refractivity contribution in [2.75, 3.05) is 0 Å². The average Bonchev–Trinajstić information content (AvgIpc) is 2.14. The van der Waals surface area contributed by atoms with Crippen LogP contribution in [-0.4, -0.2) is 14.3 Å². The highest BCUT2D eigenvalue weighted by molar-refractivity contribution is 7.87. The first kappa shape index (κ1) is 11.6. The summed E-state index contributed by atoms with van der Waals surface area (Å²) >= 11 is 0. The van der Waals surface area contributed by atoms with Gasteiger partial charge in [0.15, 0.2) is 0 Å². The molecule has 7 heteroatoms. The van der Waals surface area contributed by atoms with Gasteiger partial charge in [-0.3, -0.25) is 5.41 Å². The first-order valence-corrected chi connectivity index (χ1v) is 5.64. The quantitative estimate of drug-likeness (QED) is 0.401. The Kier molecular flexibility index (Phi) is 3.40. The van der Waals surface area contributed by atoms with E-state index in [0.717, 1.165) is 0 Å². The molecule has 0 aromatic heterocycles. The number of hydrogen-bond acceptors (Lipinski definition) is 3. The summed E-state index contributed by atoms with van der Waals surface area (Å²) < 4.78 is 23.4. The van der Waals surface area contributed by atoms with Gasteiger partial charge in [-0.1, -0.05) is 18.2 Å². The molecular formula is C8H12N4O2S. The topological polar surface area (TPSA) is 122 Å². The summed E-state index contributed by atoms with van der Waals surface area (Å²) in [4.78, 5) is 0. The van der Waals surface area contributed by atoms with Gasteiger partial charge in [-0.05, 0) is 11.6 Å². The van der Waals surface area contributed by atoms with Crippen LogP contribution in [0.4, 0.5) is 0 Å². The minimum atomic E-state index is -3.69. The third-order valence-corrected chi connectivity index (χ3v) is 2.26. The lowest BCUT2D eigenvalue weighted by Gasteiger charge is -2.04. The third-order valence-electron chi connectivity index (χ3n) is 1.72. The molecule has 0 bridgehead atoms. The fraction of sp³-hybridized carbons (Fsp3) is 0.125. The van der Waals surface area contributed by atoms with Gasteiger partial charge in [-0.25, -0.2) is 5.14 Å². The van der Waals surface area contributed by atoms with Crippen LogP contribution in [0.25, 0.3) is 0 Å². The monoisotopic (exact) mass is 228 g/mol. The first-order chi connectivity index (χ1) is 6.88. The summed E-state index contributed by atoms with van der Waals surface area (Å²) in [6.07, 6.45) is 0. The molecule has 0 radical (unpaired) electrons. The zero-order chi connectivity index (χ0) is 11.5. The Hall–Kier alpha value is -1.44. The number of nitrogens with two attached hydrogens (primary N) is 2. The summed E-state index contributed by atoms with van der Waals surface area (Å²) in [5.41, 5.74) is 6.52. The Morgan fingerprint density at radius 2 is 2.13 bits per heavy atom. The van der Waals surface area contributed by atoms with Gasteiger partial charge in [-0.15, -0.1) is 0 Å². The molecule has 0 fully saturated rings. The van der Waals surface area contributed by atoms with Crippen molar-refractivity contribution in [1.82, 2.24) is 4.72 Å². The number of hydrogen-bond donors (Lipinski definition) is 4. The number of nitrogens with one attached hydrogen (secondary N) is 2. The molecular weight excluding hydrogens is 216 g/mol. The van der Waals surface area contributed by atoms with Crippen molar-refractivity contribution in [3.8, 4) is 0 Å². The molecule has 6 nitrogen and oxygen atoms in total. The summed E-state index contributed by atoms with van der Waals surface area (Å²) in [6, 6.07) is 6.70. The minimum absolute atomic E-state index is 0.0625. The molecule has 0 saturated carbocycles. The van der Waals surface area contributed by atoms with Crippen molar-refractivity contribution < 1.29 is 8.42 Å². The van der Waals surface area contributed by atoms with Crippen LogP contribution in [0.5, 0.6) is 0 Å². The van der Waals surface area contributed by atoms with Crippen LogP contribution in [0.1, 0.15) is 11.1 Å². The van der Waals surface area contributed by atoms with Crippen LogP contribution < -0.4 is 15.6 Å². The van der Waals surface area contributed by atoms with Gasteiger partial charge >= 0.3 is 0 Å². The predicted molar refractivity (Wildman–Crippen MR) is 57.4 cm³/mol. The fourth-order valence-electron chi connectivity index (χ4n) is 1.03. The fourth-order valence-corrected chi connectivity index (χ4v) is 1.40. The SMILES string of the molecule is N=C(N)c1cccc(CNS(N)(=O)=O)c1. The van der Waals surface area contributed by atoms with Crippen LogP contribution >= 0.6 is 0 Å². The summed E-state index contributed by atoms with van der Waals surface area (Å²) in [5, 5.41) is 12.0. The van der Waals surface area contributed by atoms with E-state index in [9.17, 15) is 8.42 Å². The Morgan fingerprint density at radius 1 is 1.47 bits per heavy atom. The van der Waals surface area contributed by atoms with Gasteiger partial charge in [-0.2, -0.15) is 13.1 Å². The maximum absolute atomic E-state index is 10.6. The van der Waals surface area contributed by atoms with Gasteiger partial charge in [0, 0.05) is 12.1 Å². The van der Waals surface area contributed by atoms with Gasteiger partial charge in [0.25, 0.3) is 10.2 Å². The molecule has 0 atom stereocenters. The summed E-state index contributed by atoms with van der Waals surface area (Å²) in [7, 11) is -3.69. The molecule has 0 aliphatic rings. The van der Waals surface area contributed by atoms with Gasteiger partial charge in [0.05, 0.1) is 0 Å². The zero-order valence-electron chi connectivity index (χ0n) is 7.90. The molecule has 0 unspecified atom stereocenters. The molecule has 15 heavy (non-hydrogen) atoms. The highest BCUT2D eigenvalue weighted by Gasteiger charge is 2.02. The number of amidine groups is 1. The van der Waals surface area contributed by atoms with Crippen LogP contribution in [0.15, 0.2) is 24.3 Å². The van der Waals surface area contributed by atoms with Gasteiger partial charge in [0.2, 0.25) is 0 Å². The molecule has 82 valence electrons. The maximum atomic E-state index is 10.6. The van der Waals surface area contributed by atoms with E-state index in [0.29, 0.717) is 11.1 Å². The lowest BCUT2D eigenvalue weighted by Crippen LogP contribution is -2.30. The van der Waals surface area contributed by atoms with E-state index in [1.807, 2.05) is 0 Å². The molecule has 0 aliphatic heterocycles. The Bertz CT molecular complexity index is 469. The molecule has 1 aromatic rings. The standard InChI is InChI=1S/C8H12N4O2S/c9-8(10)7-3-1-2-6(4-7)5-12-15(11,13)14/h1-4,12H,5H2,(H3,9,10)(H2,11,13,14). The first-order valence-electron chi connectivity index (χ1n) is 4.09. The van der Waals surface area contributed by atoms with E-state index in [1.165, 1.54) is 0 Å². The maximum Gasteiger partial charge on any atom is 0.274 e. The Morgan fingerprint density at radius 3 is 2.67 bits per heavy atom. The summed E-state index contributed by atoms with van der Waals surface area (Å²) in [5.74, 6) is -0.0625. The average molecular weight is 228 g/mol. The number of rotatable bonds is 4. The molecule has 0 spiro atoms. The molecule has 1 rings (SSSR count). The minimum Gasteiger partial charge on any atom is -0.384 e. The second-order valence-electron chi connectivity index (χ2n) is 2.98. The third kappa shape index (κ3) is 4.07. The zero-order valence-corrected chi connectivity index (χ0v) is 8.71. The van der Waals surface area contributed by atoms with Crippen molar-refractivity contribution in [2.24, 2.45) is 10.9 Å². The van der Waals surface area contributed by atoms with Crippen LogP contribution in [0.2, 0.25) is 0 Å². The predicted octanol–water partition coefficient (Wildman–Crippen LogP) is -0.736. The molecule has 6 N–H and O–H groups in total. The lowest BCUT2D eigenvalue weighted by molar-refractivity contribution is 0.583. The number of benzene rings is 1. The Labute approximate surface area is 88.0 Å². The van der Waals surface area contributed by atoms with E-state index >= 15 is 0 Å². The van der Waals surface area contributed by atoms with Crippen molar-refractivity contribution in [3.05, 3.63) is 35.4 Å². The normalized spacial score (nSPS) is 11.3. The highest BCUT2D eigenvalue weighted by Crippen LogP contribution is 2.04. The van der Waals surface area contributed by atoms with Crippen LogP contribution in [-0.2, 0) is 16.8 Å². The highest BCUT2D eigenvalue weighted by atomic mass is 32.2. The van der Waals surface area contributed by atoms with Crippen LogP contribution in [0.3, 0.4) is 0 Å². The van der Waals surface area contributed by atoms with Crippen molar-refractivity contribution in [2.45, 2.75) is 6.54 Å². The largest absolute Gasteiger partial charge is 0.384 e. The van der Waals surface area contributed by atoms with Crippen LogP contribution in [0, 0.1) is 5.41 Å². The van der Waals surface area contributed by atoms with E-state index in [4.69, 9.17) is 16.3 Å². The second kappa shape index (κ2) is 4.39. The van der Waals surface area contributed by atoms with Crippen molar-refractivity contribution in [3.63, 3.8) is 0 Å². The Balaban J connectivity index is 2.79. The molecule has 1 aromatic carbocycles. The second-order valence-corrected chi connectivity index (χ2v) is 4.36. The van der Waals surface area contributed by atoms with Crippen molar-refractivity contribution in [1.29, 1.82) is 5.41 Å². The lowest BCUT2D eigenvalue weighted by atomic mass is 10.1. The molecule has 0 saturated heterocycles. The van der Waals surface area contributed by atoms with E-state index in [1.54, 1.807) is 24.3 Å². The summed E-state index contributed by atoms with van der Waals surface area (Å²) in [6.45, 7) is 0.0833. The van der Waals surface area contributed by atoms with E-state index in [2.05, 4.69) is 4.72 Å². The number of nitrogen functional groups attached to an aromatic ring is 1. The molecule has 0 heterocycles. The van der Waals surface area contributed by atoms with Gasteiger partial charge in [0.1, 0.15) is 5.84 Å². The van der Waals surface area contributed by atoms with Gasteiger partial charge < -0.3 is 5.73 Å². The molecule has 0 aliphatic carbocycles. The smallest absolute Gasteiger partial charge is 0.274 e. The van der Waals surface area contributed by atoms with E-state index in [-0.39, 0.29) is 12.4 Å². The molecule has 0 amide bonds. The van der Waals surface area contributed by atoms with E-state index < -0.39 is 10.2 Å². The van der Waals surface area contributed by atoms with Crippen molar-refractivity contribution >= 4 is 16.0 Å².